The van der Waals surface area contributed by atoms with Crippen molar-refractivity contribution < 1.29 is 4.74 Å². The number of ether oxygens (including phenoxy) is 1. The third-order valence-electron chi connectivity index (χ3n) is 3.97. The predicted octanol–water partition coefficient (Wildman–Crippen LogP) is 3.30. The van der Waals surface area contributed by atoms with Crippen molar-refractivity contribution >= 4 is 21.4 Å². The summed E-state index contributed by atoms with van der Waals surface area (Å²) in [6, 6.07) is 8.15. The standard InChI is InChI=1S/C18H20N2O2S/c1-11-5-6-12(7-16(11)22-4)15-10-20(3)18(21)14-8-13(9-19-2)23-17(14)15/h5-8,10,19H,9H2,1-4H3. The highest BCUT2D eigenvalue weighted by atomic mass is 32.1. The molecule has 0 radical (unpaired) electrons. The molecule has 3 rings (SSSR count). The molecular weight excluding hydrogens is 308 g/mol. The Kier molecular flexibility index (Phi) is 4.24. The lowest BCUT2D eigenvalue weighted by atomic mass is 10.0. The van der Waals surface area contributed by atoms with Gasteiger partial charge in [0, 0.05) is 34.9 Å². The van der Waals surface area contributed by atoms with Gasteiger partial charge in [-0.15, -0.1) is 11.3 Å². The van der Waals surface area contributed by atoms with E-state index in [9.17, 15) is 4.79 Å². The van der Waals surface area contributed by atoms with Gasteiger partial charge in [-0.05, 0) is 37.2 Å². The summed E-state index contributed by atoms with van der Waals surface area (Å²) < 4.78 is 8.13. The second-order valence-corrected chi connectivity index (χ2v) is 6.77. The van der Waals surface area contributed by atoms with Gasteiger partial charge in [-0.3, -0.25) is 4.79 Å². The van der Waals surface area contributed by atoms with Crippen LogP contribution in [-0.2, 0) is 13.6 Å². The lowest BCUT2D eigenvalue weighted by Crippen LogP contribution is -2.15. The Labute approximate surface area is 139 Å². The Morgan fingerprint density at radius 1 is 1.30 bits per heavy atom. The Morgan fingerprint density at radius 3 is 2.78 bits per heavy atom. The molecule has 5 heteroatoms. The lowest BCUT2D eigenvalue weighted by molar-refractivity contribution is 0.412. The highest BCUT2D eigenvalue weighted by Crippen LogP contribution is 2.35. The van der Waals surface area contributed by atoms with Gasteiger partial charge in [0.05, 0.1) is 12.5 Å². The number of rotatable bonds is 4. The fourth-order valence-electron chi connectivity index (χ4n) is 2.76. The van der Waals surface area contributed by atoms with Crippen LogP contribution in [0.25, 0.3) is 21.2 Å². The van der Waals surface area contributed by atoms with Crippen molar-refractivity contribution in [2.24, 2.45) is 7.05 Å². The minimum Gasteiger partial charge on any atom is -0.496 e. The molecule has 0 fully saturated rings. The summed E-state index contributed by atoms with van der Waals surface area (Å²) in [4.78, 5) is 13.6. The van der Waals surface area contributed by atoms with Crippen molar-refractivity contribution in [2.75, 3.05) is 14.2 Å². The molecule has 120 valence electrons. The van der Waals surface area contributed by atoms with Crippen molar-refractivity contribution in [3.05, 3.63) is 51.3 Å². The first-order chi connectivity index (χ1) is 11.0. The first kappa shape index (κ1) is 15.8. The summed E-state index contributed by atoms with van der Waals surface area (Å²) in [6.45, 7) is 2.79. The number of nitrogens with zero attached hydrogens (tertiary/aromatic N) is 1. The van der Waals surface area contributed by atoms with E-state index in [0.29, 0.717) is 0 Å². The quantitative estimate of drug-likeness (QED) is 0.799. The van der Waals surface area contributed by atoms with Crippen LogP contribution in [0.5, 0.6) is 5.75 Å². The Balaban J connectivity index is 2.28. The van der Waals surface area contributed by atoms with Crippen molar-refractivity contribution in [3.8, 4) is 16.9 Å². The monoisotopic (exact) mass is 328 g/mol. The van der Waals surface area contributed by atoms with Gasteiger partial charge in [0.15, 0.2) is 0 Å². The summed E-state index contributed by atoms with van der Waals surface area (Å²) in [5.41, 5.74) is 3.26. The molecule has 0 aliphatic rings. The molecule has 2 heterocycles. The number of aryl methyl sites for hydroxylation is 2. The summed E-state index contributed by atoms with van der Waals surface area (Å²) in [5, 5.41) is 3.92. The van der Waals surface area contributed by atoms with E-state index in [4.69, 9.17) is 4.74 Å². The van der Waals surface area contributed by atoms with Gasteiger partial charge in [0.2, 0.25) is 0 Å². The summed E-state index contributed by atoms with van der Waals surface area (Å²) in [5.74, 6) is 0.858. The molecular formula is C18H20N2O2S. The van der Waals surface area contributed by atoms with E-state index >= 15 is 0 Å². The summed E-state index contributed by atoms with van der Waals surface area (Å²) in [7, 11) is 5.39. The maximum absolute atomic E-state index is 12.4. The third kappa shape index (κ3) is 2.78. The summed E-state index contributed by atoms with van der Waals surface area (Å²) >= 11 is 1.67. The first-order valence-corrected chi connectivity index (χ1v) is 8.28. The molecule has 23 heavy (non-hydrogen) atoms. The maximum Gasteiger partial charge on any atom is 0.259 e. The van der Waals surface area contributed by atoms with Crippen molar-refractivity contribution in [3.63, 3.8) is 0 Å². The van der Waals surface area contributed by atoms with Gasteiger partial charge in [-0.1, -0.05) is 12.1 Å². The van der Waals surface area contributed by atoms with Crippen molar-refractivity contribution in [1.82, 2.24) is 9.88 Å². The summed E-state index contributed by atoms with van der Waals surface area (Å²) in [6.07, 6.45) is 1.91. The van der Waals surface area contributed by atoms with Crippen LogP contribution in [0.15, 0.2) is 35.3 Å². The van der Waals surface area contributed by atoms with Crippen LogP contribution in [0.3, 0.4) is 0 Å². The van der Waals surface area contributed by atoms with E-state index in [1.54, 1.807) is 30.1 Å². The average molecular weight is 328 g/mol. The molecule has 0 amide bonds. The first-order valence-electron chi connectivity index (χ1n) is 7.46. The molecule has 0 saturated carbocycles. The smallest absolute Gasteiger partial charge is 0.259 e. The second kappa shape index (κ2) is 6.18. The topological polar surface area (TPSA) is 43.3 Å². The molecule has 1 N–H and O–H groups in total. The highest BCUT2D eigenvalue weighted by molar-refractivity contribution is 7.19. The predicted molar refractivity (Wildman–Crippen MR) is 96.6 cm³/mol. The number of thiophene rings is 1. The zero-order chi connectivity index (χ0) is 16.6. The molecule has 0 bridgehead atoms. The van der Waals surface area contributed by atoms with Gasteiger partial charge in [0.1, 0.15) is 5.75 Å². The third-order valence-corrected chi connectivity index (χ3v) is 5.14. The zero-order valence-electron chi connectivity index (χ0n) is 13.8. The number of benzene rings is 1. The van der Waals surface area contributed by atoms with Crippen LogP contribution in [0.4, 0.5) is 0 Å². The van der Waals surface area contributed by atoms with E-state index in [1.807, 2.05) is 38.4 Å². The van der Waals surface area contributed by atoms with Crippen LogP contribution in [0.2, 0.25) is 0 Å². The normalized spacial score (nSPS) is 11.1. The maximum atomic E-state index is 12.4. The van der Waals surface area contributed by atoms with Crippen LogP contribution < -0.4 is 15.6 Å². The molecule has 0 saturated heterocycles. The van der Waals surface area contributed by atoms with Gasteiger partial charge in [-0.2, -0.15) is 0 Å². The molecule has 0 spiro atoms. The highest BCUT2D eigenvalue weighted by Gasteiger charge is 2.14. The van der Waals surface area contributed by atoms with Gasteiger partial charge < -0.3 is 14.6 Å². The van der Waals surface area contributed by atoms with Crippen LogP contribution in [0.1, 0.15) is 10.4 Å². The van der Waals surface area contributed by atoms with Crippen LogP contribution in [0, 0.1) is 6.92 Å². The van der Waals surface area contributed by atoms with Gasteiger partial charge in [-0.25, -0.2) is 0 Å². The fourth-order valence-corrected chi connectivity index (χ4v) is 3.95. The molecule has 0 unspecified atom stereocenters. The molecule has 2 aromatic heterocycles. The second-order valence-electron chi connectivity index (χ2n) is 5.63. The minimum atomic E-state index is 0.0430. The van der Waals surface area contributed by atoms with E-state index in [-0.39, 0.29) is 5.56 Å². The fraction of sp³-hybridized carbons (Fsp3) is 0.278. The van der Waals surface area contributed by atoms with Crippen LogP contribution >= 0.6 is 11.3 Å². The molecule has 0 aliphatic heterocycles. The van der Waals surface area contributed by atoms with E-state index in [2.05, 4.69) is 11.4 Å². The Bertz CT molecular complexity index is 925. The molecule has 3 aromatic rings. The van der Waals surface area contributed by atoms with E-state index in [1.165, 1.54) is 0 Å². The number of hydrogen-bond acceptors (Lipinski definition) is 4. The Hall–Kier alpha value is -2.11. The average Bonchev–Trinajstić information content (AvgIpc) is 2.96. The number of pyridine rings is 1. The number of fused-ring (bicyclic) bond motifs is 1. The largest absolute Gasteiger partial charge is 0.496 e. The minimum absolute atomic E-state index is 0.0430. The Morgan fingerprint density at radius 2 is 2.09 bits per heavy atom. The zero-order valence-corrected chi connectivity index (χ0v) is 14.6. The molecule has 0 atom stereocenters. The van der Waals surface area contributed by atoms with Crippen LogP contribution in [-0.4, -0.2) is 18.7 Å². The number of hydrogen-bond donors (Lipinski definition) is 1. The number of nitrogens with one attached hydrogen (secondary N) is 1. The molecule has 0 aliphatic carbocycles. The van der Waals surface area contributed by atoms with Gasteiger partial charge in [0.25, 0.3) is 5.56 Å². The molecule has 1 aromatic carbocycles. The van der Waals surface area contributed by atoms with E-state index < -0.39 is 0 Å². The van der Waals surface area contributed by atoms with Gasteiger partial charge >= 0.3 is 0 Å². The SMILES string of the molecule is CNCc1cc2c(=O)n(C)cc(-c3ccc(C)c(OC)c3)c2s1. The number of aromatic nitrogens is 1. The lowest BCUT2D eigenvalue weighted by Gasteiger charge is -2.10. The van der Waals surface area contributed by atoms with Crippen molar-refractivity contribution in [2.45, 2.75) is 13.5 Å². The molecule has 4 nitrogen and oxygen atoms in total. The van der Waals surface area contributed by atoms with E-state index in [0.717, 1.165) is 43.9 Å². The van der Waals surface area contributed by atoms with Crippen molar-refractivity contribution in [1.29, 1.82) is 0 Å². The number of methoxy groups -OCH3 is 1.